The van der Waals surface area contributed by atoms with Crippen molar-refractivity contribution in [2.24, 2.45) is 0 Å². The highest BCUT2D eigenvalue weighted by Crippen LogP contribution is 2.23. The van der Waals surface area contributed by atoms with E-state index in [1.54, 1.807) is 6.07 Å². The van der Waals surface area contributed by atoms with E-state index in [0.717, 1.165) is 21.9 Å². The Balaban J connectivity index is 2.25. The van der Waals surface area contributed by atoms with E-state index in [1.807, 2.05) is 78.9 Å². The van der Waals surface area contributed by atoms with E-state index in [-0.39, 0.29) is 5.57 Å². The van der Waals surface area contributed by atoms with Crippen LogP contribution in [0.25, 0.3) is 17.2 Å². The zero-order chi connectivity index (χ0) is 18.2. The topological polar surface area (TPSA) is 47.6 Å². The van der Waals surface area contributed by atoms with Crippen molar-refractivity contribution in [3.8, 4) is 12.1 Å². The van der Waals surface area contributed by atoms with Crippen molar-refractivity contribution in [2.75, 3.05) is 0 Å². The maximum atomic E-state index is 9.20. The lowest BCUT2D eigenvalue weighted by molar-refractivity contribution is 1.46. The van der Waals surface area contributed by atoms with Crippen LogP contribution in [-0.4, -0.2) is 0 Å². The van der Waals surface area contributed by atoms with Crippen LogP contribution >= 0.6 is 0 Å². The Morgan fingerprint density at radius 2 is 1.15 bits per heavy atom. The second-order valence-electron chi connectivity index (χ2n) is 5.66. The van der Waals surface area contributed by atoms with Gasteiger partial charge in [-0.05, 0) is 21.9 Å². The van der Waals surface area contributed by atoms with E-state index >= 15 is 0 Å². The van der Waals surface area contributed by atoms with Crippen molar-refractivity contribution in [2.45, 2.75) is 0 Å². The first-order valence-corrected chi connectivity index (χ1v) is 8.26. The van der Waals surface area contributed by atoms with Gasteiger partial charge in [0.2, 0.25) is 0 Å². The zero-order valence-corrected chi connectivity index (χ0v) is 14.1. The molecule has 3 aromatic rings. The SMILES string of the molecule is N#CC(C#N)=c1cccc/c1=C/C=C(c1ccccc1)c1ccccc1. The molecule has 0 aliphatic rings. The fourth-order valence-electron chi connectivity index (χ4n) is 2.78. The Morgan fingerprint density at radius 1 is 0.654 bits per heavy atom. The Kier molecular flexibility index (Phi) is 5.41. The molecule has 3 aromatic carbocycles. The van der Waals surface area contributed by atoms with Crippen LogP contribution < -0.4 is 10.4 Å². The van der Waals surface area contributed by atoms with Gasteiger partial charge in [0, 0.05) is 5.22 Å². The van der Waals surface area contributed by atoms with Gasteiger partial charge in [-0.3, -0.25) is 0 Å². The molecule has 0 saturated heterocycles. The van der Waals surface area contributed by atoms with Gasteiger partial charge in [0.25, 0.3) is 0 Å². The largest absolute Gasteiger partial charge is 0.192 e. The Hall–Kier alpha value is -3.88. The second kappa shape index (κ2) is 8.29. The predicted octanol–water partition coefficient (Wildman–Crippen LogP) is 3.80. The number of hydrogen-bond donors (Lipinski definition) is 0. The van der Waals surface area contributed by atoms with Crippen molar-refractivity contribution in [1.29, 1.82) is 10.5 Å². The summed E-state index contributed by atoms with van der Waals surface area (Å²) in [7, 11) is 0. The molecule has 2 heteroatoms. The molecule has 0 atom stereocenters. The van der Waals surface area contributed by atoms with Crippen LogP contribution in [0.5, 0.6) is 0 Å². The van der Waals surface area contributed by atoms with Crippen molar-refractivity contribution >= 4 is 17.2 Å². The third-order valence-electron chi connectivity index (χ3n) is 4.05. The number of hydrogen-bond acceptors (Lipinski definition) is 2. The third kappa shape index (κ3) is 3.78. The first-order valence-electron chi connectivity index (χ1n) is 8.26. The van der Waals surface area contributed by atoms with Crippen LogP contribution in [-0.2, 0) is 0 Å². The van der Waals surface area contributed by atoms with Gasteiger partial charge in [-0.2, -0.15) is 10.5 Å². The quantitative estimate of drug-likeness (QED) is 0.732. The van der Waals surface area contributed by atoms with Crippen molar-refractivity contribution < 1.29 is 0 Å². The second-order valence-corrected chi connectivity index (χ2v) is 5.66. The molecule has 0 aromatic heterocycles. The van der Waals surface area contributed by atoms with E-state index in [0.29, 0.717) is 5.22 Å². The summed E-state index contributed by atoms with van der Waals surface area (Å²) in [6.07, 6.45) is 4.00. The maximum Gasteiger partial charge on any atom is 0.137 e. The first kappa shape index (κ1) is 17.0. The lowest BCUT2D eigenvalue weighted by Gasteiger charge is -2.07. The molecule has 0 heterocycles. The monoisotopic (exact) mass is 332 g/mol. The maximum absolute atomic E-state index is 9.20. The molecule has 0 unspecified atom stereocenters. The Bertz CT molecular complexity index is 1070. The molecule has 0 radical (unpaired) electrons. The standard InChI is InChI=1S/C24H16N2/c25-17-22(18-26)23-14-8-7-13-21(23)15-16-24(19-9-3-1-4-10-19)20-11-5-2-6-12-20/h1-16H/b21-15-. The molecule has 3 rings (SSSR count). The minimum Gasteiger partial charge on any atom is -0.192 e. The highest BCUT2D eigenvalue weighted by atomic mass is 14.3. The fraction of sp³-hybridized carbons (Fsp3) is 0. The summed E-state index contributed by atoms with van der Waals surface area (Å²) < 4.78 is 0. The average molecular weight is 332 g/mol. The van der Waals surface area contributed by atoms with Gasteiger partial charge in [0.15, 0.2) is 0 Å². The van der Waals surface area contributed by atoms with E-state index in [1.165, 1.54) is 0 Å². The van der Waals surface area contributed by atoms with E-state index in [9.17, 15) is 10.5 Å². The van der Waals surface area contributed by atoms with Crippen molar-refractivity contribution in [3.63, 3.8) is 0 Å². The highest BCUT2D eigenvalue weighted by Gasteiger charge is 2.03. The Labute approximate surface area is 152 Å². The molecule has 2 nitrogen and oxygen atoms in total. The van der Waals surface area contributed by atoms with Crippen molar-refractivity contribution in [1.82, 2.24) is 0 Å². The lowest BCUT2D eigenvalue weighted by Crippen LogP contribution is -2.25. The predicted molar refractivity (Wildman–Crippen MR) is 105 cm³/mol. The summed E-state index contributed by atoms with van der Waals surface area (Å²) in [6.45, 7) is 0. The van der Waals surface area contributed by atoms with Gasteiger partial charge >= 0.3 is 0 Å². The van der Waals surface area contributed by atoms with E-state index in [2.05, 4.69) is 24.3 Å². The van der Waals surface area contributed by atoms with Gasteiger partial charge < -0.3 is 0 Å². The number of rotatable bonds is 3. The first-order chi connectivity index (χ1) is 12.8. The third-order valence-corrected chi connectivity index (χ3v) is 4.05. The minimum atomic E-state index is 0.117. The van der Waals surface area contributed by atoms with Gasteiger partial charge in [-0.25, -0.2) is 0 Å². The summed E-state index contributed by atoms with van der Waals surface area (Å²) in [6, 6.07) is 31.7. The number of benzene rings is 3. The van der Waals surface area contributed by atoms with Crippen LogP contribution in [0.2, 0.25) is 0 Å². The summed E-state index contributed by atoms with van der Waals surface area (Å²) in [5.74, 6) is 0. The molecule has 0 saturated carbocycles. The Morgan fingerprint density at radius 3 is 1.69 bits per heavy atom. The molecule has 122 valence electrons. The molecule has 0 bridgehead atoms. The van der Waals surface area contributed by atoms with Crippen molar-refractivity contribution in [3.05, 3.63) is 113 Å². The molecule has 0 fully saturated rings. The molecular formula is C24H16N2. The summed E-state index contributed by atoms with van der Waals surface area (Å²) in [5.41, 5.74) is 3.41. The van der Waals surface area contributed by atoms with Crippen LogP contribution in [0.4, 0.5) is 0 Å². The van der Waals surface area contributed by atoms with Crippen LogP contribution in [0.1, 0.15) is 11.1 Å². The highest BCUT2D eigenvalue weighted by molar-refractivity contribution is 5.83. The lowest BCUT2D eigenvalue weighted by atomic mass is 9.97. The fourth-order valence-corrected chi connectivity index (χ4v) is 2.78. The van der Waals surface area contributed by atoms with E-state index in [4.69, 9.17) is 0 Å². The number of nitrogens with zero attached hydrogens (tertiary/aromatic N) is 2. The zero-order valence-electron chi connectivity index (χ0n) is 14.1. The number of nitriles is 2. The molecular weight excluding hydrogens is 316 g/mol. The summed E-state index contributed by atoms with van der Waals surface area (Å²) >= 11 is 0. The van der Waals surface area contributed by atoms with Gasteiger partial charge in [-0.1, -0.05) is 97.1 Å². The van der Waals surface area contributed by atoms with Crippen LogP contribution in [0.15, 0.2) is 91.0 Å². The summed E-state index contributed by atoms with van der Waals surface area (Å²) in [5, 5.41) is 19.9. The van der Waals surface area contributed by atoms with Crippen LogP contribution in [0, 0.1) is 22.7 Å². The number of allylic oxidation sites excluding steroid dienone is 1. The molecule has 0 aliphatic carbocycles. The minimum absolute atomic E-state index is 0.117. The molecule has 0 amide bonds. The van der Waals surface area contributed by atoms with Gasteiger partial charge in [0.05, 0.1) is 0 Å². The smallest absolute Gasteiger partial charge is 0.137 e. The van der Waals surface area contributed by atoms with E-state index < -0.39 is 0 Å². The molecule has 0 N–H and O–H groups in total. The summed E-state index contributed by atoms with van der Waals surface area (Å²) in [4.78, 5) is 0. The molecule has 0 spiro atoms. The normalized spacial score (nSPS) is 10.5. The average Bonchev–Trinajstić information content (AvgIpc) is 2.72. The molecule has 26 heavy (non-hydrogen) atoms. The van der Waals surface area contributed by atoms with Gasteiger partial charge in [-0.15, -0.1) is 0 Å². The molecule has 0 aliphatic heterocycles. The van der Waals surface area contributed by atoms with Crippen LogP contribution in [0.3, 0.4) is 0 Å². The van der Waals surface area contributed by atoms with Gasteiger partial charge in [0.1, 0.15) is 17.7 Å².